The van der Waals surface area contributed by atoms with Crippen LogP contribution in [0.5, 0.6) is 11.5 Å². The third kappa shape index (κ3) is 6.10. The number of amides is 1. The minimum absolute atomic E-state index is 0.0378. The van der Waals surface area contributed by atoms with Gasteiger partial charge >= 0.3 is 0 Å². The lowest BCUT2D eigenvalue weighted by Gasteiger charge is -2.16. The van der Waals surface area contributed by atoms with Crippen molar-refractivity contribution in [2.75, 3.05) is 18.5 Å². The Hall–Kier alpha value is -3.85. The third-order valence-electron chi connectivity index (χ3n) is 7.30. The fraction of sp³-hybridized carbons (Fsp3) is 0.258. The Balaban J connectivity index is 1.32. The Bertz CT molecular complexity index is 1670. The highest BCUT2D eigenvalue weighted by Gasteiger charge is 2.19. The molecule has 2 heterocycles. The van der Waals surface area contributed by atoms with Crippen LogP contribution in [0, 0.1) is 0 Å². The zero-order valence-corrected chi connectivity index (χ0v) is 23.7. The number of nitrogens with zero attached hydrogens (tertiary/aromatic N) is 2. The molecule has 8 nitrogen and oxygen atoms in total. The molecule has 4 aromatic rings. The molecule has 0 unspecified atom stereocenters. The molecule has 1 aliphatic heterocycles. The number of hydrogen-bond donors (Lipinski definition) is 2. The maximum absolute atomic E-state index is 13.8. The number of ether oxygens (including phenoxy) is 2. The Morgan fingerprint density at radius 1 is 1.02 bits per heavy atom. The van der Waals surface area contributed by atoms with Gasteiger partial charge in [-0.3, -0.25) is 9.59 Å². The Morgan fingerprint density at radius 3 is 2.73 bits per heavy atom. The van der Waals surface area contributed by atoms with Crippen LogP contribution >= 0.6 is 23.2 Å². The highest BCUT2D eigenvalue weighted by atomic mass is 35.5. The van der Waals surface area contributed by atoms with Crippen LogP contribution in [-0.2, 0) is 17.6 Å². The minimum Gasteiger partial charge on any atom is -0.453 e. The summed E-state index contributed by atoms with van der Waals surface area (Å²) in [6.45, 7) is 1.18. The average molecular weight is 591 g/mol. The first-order valence-corrected chi connectivity index (χ1v) is 14.3. The van der Waals surface area contributed by atoms with E-state index in [-0.39, 0.29) is 23.4 Å². The van der Waals surface area contributed by atoms with Crippen molar-refractivity contribution in [3.8, 4) is 17.2 Å². The summed E-state index contributed by atoms with van der Waals surface area (Å²) in [6, 6.07) is 17.7. The van der Waals surface area contributed by atoms with E-state index >= 15 is 0 Å². The number of carbonyl (C=O) groups is 1. The van der Waals surface area contributed by atoms with Gasteiger partial charge in [-0.25, -0.2) is 0 Å². The van der Waals surface area contributed by atoms with E-state index in [9.17, 15) is 9.59 Å². The normalized spacial score (nSPS) is 15.9. The molecule has 1 fully saturated rings. The quantitative estimate of drug-likeness (QED) is 0.244. The van der Waals surface area contributed by atoms with Crippen molar-refractivity contribution in [2.45, 2.75) is 38.2 Å². The van der Waals surface area contributed by atoms with Gasteiger partial charge in [0.1, 0.15) is 5.75 Å². The van der Waals surface area contributed by atoms with Crippen LogP contribution in [0.1, 0.15) is 40.7 Å². The lowest BCUT2D eigenvalue weighted by molar-refractivity contribution is 0.0858. The van der Waals surface area contributed by atoms with E-state index in [2.05, 4.69) is 21.8 Å². The van der Waals surface area contributed by atoms with E-state index in [1.165, 1.54) is 22.0 Å². The van der Waals surface area contributed by atoms with Crippen LogP contribution in [0.15, 0.2) is 71.7 Å². The molecule has 1 aliphatic carbocycles. The second-order valence-electron chi connectivity index (χ2n) is 10.1. The van der Waals surface area contributed by atoms with E-state index in [0.29, 0.717) is 39.3 Å². The van der Waals surface area contributed by atoms with Crippen LogP contribution < -0.4 is 20.9 Å². The van der Waals surface area contributed by atoms with Gasteiger partial charge in [0.25, 0.3) is 11.5 Å². The largest absolute Gasteiger partial charge is 0.453 e. The fourth-order valence-corrected chi connectivity index (χ4v) is 5.46. The standard InChI is InChI=1S/C31H28Cl2N4O4/c32-26-12-10-23(16-27(26)33)37-31(39)29(28(18-35-37)41-24-11-9-19-4-1-5-20(19)15-24)36-22-7-2-6-21(14-22)30(38)34-17-25-8-3-13-40-25/h2,6-7,9-12,14-16,18,25,36H,1,3-5,8,13,17H2,(H,34,38)/t25-/m0/s1. The lowest BCUT2D eigenvalue weighted by atomic mass is 10.1. The van der Waals surface area contributed by atoms with Gasteiger partial charge in [-0.15, -0.1) is 0 Å². The van der Waals surface area contributed by atoms with Gasteiger partial charge in [-0.05, 0) is 91.8 Å². The van der Waals surface area contributed by atoms with Crippen molar-refractivity contribution in [1.29, 1.82) is 0 Å². The topological polar surface area (TPSA) is 94.5 Å². The molecule has 0 radical (unpaired) electrons. The van der Waals surface area contributed by atoms with Crippen molar-refractivity contribution < 1.29 is 14.3 Å². The van der Waals surface area contributed by atoms with E-state index < -0.39 is 5.56 Å². The molecule has 1 atom stereocenters. The fourth-order valence-electron chi connectivity index (χ4n) is 5.17. The van der Waals surface area contributed by atoms with Crippen molar-refractivity contribution in [1.82, 2.24) is 15.1 Å². The summed E-state index contributed by atoms with van der Waals surface area (Å²) in [5.41, 5.74) is 3.69. The number of fused-ring (bicyclic) bond motifs is 1. The molecule has 1 amide bonds. The molecule has 0 saturated carbocycles. The molecule has 1 saturated heterocycles. The van der Waals surface area contributed by atoms with Crippen molar-refractivity contribution in [3.05, 3.63) is 104 Å². The third-order valence-corrected chi connectivity index (χ3v) is 8.04. The molecule has 2 N–H and O–H groups in total. The maximum atomic E-state index is 13.8. The number of anilines is 2. The van der Waals surface area contributed by atoms with E-state index in [0.717, 1.165) is 38.7 Å². The Morgan fingerprint density at radius 2 is 1.90 bits per heavy atom. The molecule has 10 heteroatoms. The summed E-state index contributed by atoms with van der Waals surface area (Å²) in [6.07, 6.45) is 6.62. The highest BCUT2D eigenvalue weighted by molar-refractivity contribution is 6.42. The summed E-state index contributed by atoms with van der Waals surface area (Å²) in [7, 11) is 0. The number of hydrogen-bond acceptors (Lipinski definition) is 6. The number of aryl methyl sites for hydroxylation is 2. The lowest BCUT2D eigenvalue weighted by Crippen LogP contribution is -2.31. The van der Waals surface area contributed by atoms with Gasteiger partial charge in [0.05, 0.1) is 28.0 Å². The first-order valence-electron chi connectivity index (χ1n) is 13.6. The monoisotopic (exact) mass is 590 g/mol. The number of halogens is 2. The number of nitrogens with one attached hydrogen (secondary N) is 2. The molecule has 0 bridgehead atoms. The summed E-state index contributed by atoms with van der Waals surface area (Å²) in [4.78, 5) is 26.7. The number of rotatable bonds is 8. The summed E-state index contributed by atoms with van der Waals surface area (Å²) < 4.78 is 13.0. The molecule has 1 aromatic heterocycles. The zero-order valence-electron chi connectivity index (χ0n) is 22.2. The van der Waals surface area contributed by atoms with E-state index in [4.69, 9.17) is 32.7 Å². The number of carbonyl (C=O) groups excluding carboxylic acids is 1. The van der Waals surface area contributed by atoms with Crippen LogP contribution in [0.2, 0.25) is 10.0 Å². The first kappa shape index (κ1) is 27.3. The van der Waals surface area contributed by atoms with Crippen LogP contribution in [-0.4, -0.2) is 34.9 Å². The molecular weight excluding hydrogens is 563 g/mol. The van der Waals surface area contributed by atoms with E-state index in [1.54, 1.807) is 42.5 Å². The van der Waals surface area contributed by atoms with Crippen LogP contribution in [0.3, 0.4) is 0 Å². The van der Waals surface area contributed by atoms with Crippen LogP contribution in [0.4, 0.5) is 11.4 Å². The molecule has 6 rings (SSSR count). The molecule has 3 aromatic carbocycles. The van der Waals surface area contributed by atoms with Gasteiger partial charge in [0, 0.05) is 24.4 Å². The first-order chi connectivity index (χ1) is 19.9. The van der Waals surface area contributed by atoms with Gasteiger partial charge in [-0.1, -0.05) is 35.3 Å². The van der Waals surface area contributed by atoms with Gasteiger partial charge in [0.2, 0.25) is 0 Å². The predicted molar refractivity (Wildman–Crippen MR) is 159 cm³/mol. The molecule has 2 aliphatic rings. The predicted octanol–water partition coefficient (Wildman–Crippen LogP) is 6.47. The molecular formula is C31H28Cl2N4O4. The van der Waals surface area contributed by atoms with Crippen molar-refractivity contribution in [2.24, 2.45) is 0 Å². The summed E-state index contributed by atoms with van der Waals surface area (Å²) in [5, 5.41) is 11.1. The van der Waals surface area contributed by atoms with Gasteiger partial charge < -0.3 is 20.1 Å². The van der Waals surface area contributed by atoms with Gasteiger partial charge in [-0.2, -0.15) is 9.78 Å². The number of benzene rings is 3. The van der Waals surface area contributed by atoms with Crippen molar-refractivity contribution >= 4 is 40.5 Å². The Kier molecular flexibility index (Phi) is 7.96. The maximum Gasteiger partial charge on any atom is 0.299 e. The SMILES string of the molecule is O=C(NC[C@@H]1CCCO1)c1cccc(Nc2c(Oc3ccc4c(c3)CCC4)cnn(-c3ccc(Cl)c(Cl)c3)c2=O)c1. The van der Waals surface area contributed by atoms with E-state index in [1.807, 2.05) is 12.1 Å². The Labute approximate surface area is 247 Å². The smallest absolute Gasteiger partial charge is 0.299 e. The second kappa shape index (κ2) is 11.9. The summed E-state index contributed by atoms with van der Waals surface area (Å²) in [5.74, 6) is 0.642. The number of aromatic nitrogens is 2. The molecule has 210 valence electrons. The second-order valence-corrected chi connectivity index (χ2v) is 11.0. The highest BCUT2D eigenvalue weighted by Crippen LogP contribution is 2.33. The minimum atomic E-state index is -0.463. The summed E-state index contributed by atoms with van der Waals surface area (Å²) >= 11 is 12.3. The molecule has 41 heavy (non-hydrogen) atoms. The van der Waals surface area contributed by atoms with Crippen LogP contribution in [0.25, 0.3) is 5.69 Å². The average Bonchev–Trinajstić information content (AvgIpc) is 3.67. The van der Waals surface area contributed by atoms with Crippen molar-refractivity contribution in [3.63, 3.8) is 0 Å². The zero-order chi connectivity index (χ0) is 28.3. The molecule has 0 spiro atoms. The van der Waals surface area contributed by atoms with Gasteiger partial charge in [0.15, 0.2) is 11.4 Å².